The first-order valence-corrected chi connectivity index (χ1v) is 8.17. The lowest BCUT2D eigenvalue weighted by atomic mass is 10.1. The summed E-state index contributed by atoms with van der Waals surface area (Å²) >= 11 is 5.96. The van der Waals surface area contributed by atoms with E-state index in [4.69, 9.17) is 16.0 Å². The Morgan fingerprint density at radius 2 is 2.08 bits per heavy atom. The molecule has 0 aliphatic carbocycles. The summed E-state index contributed by atoms with van der Waals surface area (Å²) in [5, 5.41) is 13.0. The van der Waals surface area contributed by atoms with Crippen molar-refractivity contribution in [2.45, 2.75) is 13.3 Å². The first kappa shape index (κ1) is 16.9. The molecule has 0 aliphatic rings. The normalized spacial score (nSPS) is 10.4. The smallest absolute Gasteiger partial charge is 0.256 e. The molecule has 2 heterocycles. The molecule has 6 heteroatoms. The van der Waals surface area contributed by atoms with Crippen molar-refractivity contribution in [3.63, 3.8) is 0 Å². The second-order valence-corrected chi connectivity index (χ2v) is 5.99. The van der Waals surface area contributed by atoms with Crippen molar-refractivity contribution in [2.24, 2.45) is 0 Å². The maximum Gasteiger partial charge on any atom is 0.256 e. The second kappa shape index (κ2) is 7.29. The zero-order valence-electron chi connectivity index (χ0n) is 13.6. The van der Waals surface area contributed by atoms with E-state index in [-0.39, 0.29) is 17.0 Å². The minimum absolute atomic E-state index is 0.231. The Bertz CT molecular complexity index is 936. The number of nitriles is 1. The number of amides is 1. The number of nitrogens with zero attached hydrogens (tertiary/aromatic N) is 2. The number of halogens is 1. The van der Waals surface area contributed by atoms with E-state index >= 15 is 0 Å². The summed E-state index contributed by atoms with van der Waals surface area (Å²) in [4.78, 5) is 12.5. The molecule has 25 heavy (non-hydrogen) atoms. The predicted molar refractivity (Wildman–Crippen MR) is 95.0 cm³/mol. The van der Waals surface area contributed by atoms with E-state index in [2.05, 4.69) is 11.4 Å². The van der Waals surface area contributed by atoms with Gasteiger partial charge >= 0.3 is 0 Å². The van der Waals surface area contributed by atoms with Crippen LogP contribution >= 0.6 is 11.6 Å². The van der Waals surface area contributed by atoms with E-state index in [0.29, 0.717) is 29.6 Å². The van der Waals surface area contributed by atoms with Gasteiger partial charge in [0.05, 0.1) is 0 Å². The maximum atomic E-state index is 12.5. The third-order valence-electron chi connectivity index (χ3n) is 3.83. The van der Waals surface area contributed by atoms with Crippen LogP contribution in [0.25, 0.3) is 5.88 Å². The molecule has 3 rings (SSSR count). The van der Waals surface area contributed by atoms with Crippen LogP contribution in [0, 0.1) is 18.3 Å². The Hall–Kier alpha value is -2.97. The van der Waals surface area contributed by atoms with Crippen molar-refractivity contribution < 1.29 is 9.21 Å². The van der Waals surface area contributed by atoms with E-state index in [1.807, 2.05) is 30.3 Å². The molecule has 1 amide bonds. The average molecular weight is 354 g/mol. The van der Waals surface area contributed by atoms with Crippen LogP contribution in [0.5, 0.6) is 0 Å². The molecule has 0 bridgehead atoms. The summed E-state index contributed by atoms with van der Waals surface area (Å²) in [5.74, 6) is 0.448. The number of hydrogen-bond donors (Lipinski definition) is 1. The summed E-state index contributed by atoms with van der Waals surface area (Å²) in [5.41, 5.74) is 1.54. The fourth-order valence-corrected chi connectivity index (χ4v) is 2.87. The Morgan fingerprint density at radius 1 is 1.32 bits per heavy atom. The van der Waals surface area contributed by atoms with E-state index < -0.39 is 0 Å². The minimum Gasteiger partial charge on any atom is -0.443 e. The Labute approximate surface area is 150 Å². The Balaban J connectivity index is 1.75. The Morgan fingerprint density at radius 3 is 2.76 bits per heavy atom. The van der Waals surface area contributed by atoms with E-state index in [1.54, 1.807) is 30.0 Å². The highest BCUT2D eigenvalue weighted by Gasteiger charge is 2.24. The minimum atomic E-state index is -0.321. The summed E-state index contributed by atoms with van der Waals surface area (Å²) in [6, 6.07) is 13.2. The van der Waals surface area contributed by atoms with E-state index in [1.165, 1.54) is 0 Å². The van der Waals surface area contributed by atoms with Gasteiger partial charge in [-0.1, -0.05) is 23.7 Å². The van der Waals surface area contributed by atoms with Crippen molar-refractivity contribution in [1.29, 1.82) is 5.26 Å². The van der Waals surface area contributed by atoms with Gasteiger partial charge in [-0.15, -0.1) is 0 Å². The number of carbonyl (C=O) groups excluding carboxylic acids is 1. The van der Waals surface area contributed by atoms with Gasteiger partial charge in [0.2, 0.25) is 5.88 Å². The number of aromatic nitrogens is 1. The number of aryl methyl sites for hydroxylation is 1. The first-order valence-electron chi connectivity index (χ1n) is 7.79. The van der Waals surface area contributed by atoms with Gasteiger partial charge in [-0.3, -0.25) is 9.36 Å². The van der Waals surface area contributed by atoms with Gasteiger partial charge in [0.15, 0.2) is 0 Å². The van der Waals surface area contributed by atoms with Gasteiger partial charge in [-0.25, -0.2) is 0 Å². The monoisotopic (exact) mass is 353 g/mol. The zero-order valence-corrected chi connectivity index (χ0v) is 14.4. The van der Waals surface area contributed by atoms with Crippen molar-refractivity contribution in [2.75, 3.05) is 6.54 Å². The van der Waals surface area contributed by atoms with Crippen LogP contribution in [0.1, 0.15) is 27.2 Å². The molecule has 0 atom stereocenters. The molecule has 1 N–H and O–H groups in total. The zero-order chi connectivity index (χ0) is 17.8. The molecule has 0 spiro atoms. The predicted octanol–water partition coefficient (Wildman–Crippen LogP) is 3.88. The summed E-state index contributed by atoms with van der Waals surface area (Å²) in [6.07, 6.45) is 4.18. The third kappa shape index (κ3) is 3.59. The first-order chi connectivity index (χ1) is 12.1. The molecule has 3 aromatic rings. The number of hydrogen-bond acceptors (Lipinski definition) is 3. The SMILES string of the molecule is Cc1oc(-n2cccc2)c(C#N)c1C(=O)NCCc1cccc(Cl)c1. The van der Waals surface area contributed by atoms with E-state index in [9.17, 15) is 10.1 Å². The maximum absolute atomic E-state index is 12.5. The summed E-state index contributed by atoms with van der Waals surface area (Å²) < 4.78 is 7.32. The number of rotatable bonds is 5. The molecule has 126 valence electrons. The fraction of sp³-hybridized carbons (Fsp3) is 0.158. The van der Waals surface area contributed by atoms with Gasteiger partial charge < -0.3 is 9.73 Å². The van der Waals surface area contributed by atoms with E-state index in [0.717, 1.165) is 5.56 Å². The van der Waals surface area contributed by atoms with Crippen LogP contribution in [-0.2, 0) is 6.42 Å². The Kier molecular flexibility index (Phi) is 4.92. The van der Waals surface area contributed by atoms with Gasteiger partial charge in [0.25, 0.3) is 5.91 Å². The third-order valence-corrected chi connectivity index (χ3v) is 4.07. The topological polar surface area (TPSA) is 71.0 Å². The van der Waals surface area contributed by atoms with Crippen molar-refractivity contribution in [1.82, 2.24) is 9.88 Å². The quantitative estimate of drug-likeness (QED) is 0.756. The number of benzene rings is 1. The molecule has 0 unspecified atom stereocenters. The molecule has 0 saturated carbocycles. The lowest BCUT2D eigenvalue weighted by Crippen LogP contribution is -2.26. The molecule has 0 radical (unpaired) electrons. The largest absolute Gasteiger partial charge is 0.443 e. The summed E-state index contributed by atoms with van der Waals surface area (Å²) in [6.45, 7) is 2.12. The van der Waals surface area contributed by atoms with Crippen molar-refractivity contribution in [3.05, 3.63) is 76.3 Å². The van der Waals surface area contributed by atoms with Gasteiger partial charge in [0.1, 0.15) is 23.0 Å². The molecular formula is C19H16ClN3O2. The molecule has 0 saturated heterocycles. The summed E-state index contributed by atoms with van der Waals surface area (Å²) in [7, 11) is 0. The van der Waals surface area contributed by atoms with Crippen molar-refractivity contribution in [3.8, 4) is 12.0 Å². The highest BCUT2D eigenvalue weighted by atomic mass is 35.5. The van der Waals surface area contributed by atoms with Crippen LogP contribution in [-0.4, -0.2) is 17.0 Å². The van der Waals surface area contributed by atoms with Crippen LogP contribution in [0.4, 0.5) is 0 Å². The molecule has 5 nitrogen and oxygen atoms in total. The number of furan rings is 1. The van der Waals surface area contributed by atoms with Crippen molar-refractivity contribution >= 4 is 17.5 Å². The van der Waals surface area contributed by atoms with Crippen LogP contribution in [0.15, 0.2) is 53.2 Å². The highest BCUT2D eigenvalue weighted by Crippen LogP contribution is 2.25. The van der Waals surface area contributed by atoms with Crippen LogP contribution in [0.3, 0.4) is 0 Å². The molecule has 0 fully saturated rings. The van der Waals surface area contributed by atoms with Crippen LogP contribution < -0.4 is 5.32 Å². The fourth-order valence-electron chi connectivity index (χ4n) is 2.66. The standard InChI is InChI=1S/C19H16ClN3O2/c1-13-17(16(12-21)19(25-13)23-9-2-3-10-23)18(24)22-8-7-14-5-4-6-15(20)11-14/h2-6,9-11H,7-8H2,1H3,(H,22,24). The molecule has 0 aliphatic heterocycles. The van der Waals surface area contributed by atoms with Gasteiger partial charge in [-0.05, 0) is 43.2 Å². The highest BCUT2D eigenvalue weighted by molar-refractivity contribution is 6.30. The lowest BCUT2D eigenvalue weighted by molar-refractivity contribution is 0.0952. The lowest BCUT2D eigenvalue weighted by Gasteiger charge is -2.05. The van der Waals surface area contributed by atoms with Gasteiger partial charge in [0, 0.05) is 24.0 Å². The average Bonchev–Trinajstić information content (AvgIpc) is 3.21. The molecule has 2 aromatic heterocycles. The van der Waals surface area contributed by atoms with Crippen LogP contribution in [0.2, 0.25) is 5.02 Å². The molecular weight excluding hydrogens is 338 g/mol. The number of nitrogens with one attached hydrogen (secondary N) is 1. The van der Waals surface area contributed by atoms with Gasteiger partial charge in [-0.2, -0.15) is 5.26 Å². The second-order valence-electron chi connectivity index (χ2n) is 5.55. The molecule has 1 aromatic carbocycles. The number of carbonyl (C=O) groups is 1.